The minimum absolute atomic E-state index is 0.101. The molecule has 2 aromatic rings. The van der Waals surface area contributed by atoms with Crippen molar-refractivity contribution in [1.29, 1.82) is 0 Å². The van der Waals surface area contributed by atoms with E-state index in [0.29, 0.717) is 44.0 Å². The summed E-state index contributed by atoms with van der Waals surface area (Å²) < 4.78 is 33.3. The van der Waals surface area contributed by atoms with E-state index in [1.807, 2.05) is 6.92 Å². The molecule has 1 saturated heterocycles. The van der Waals surface area contributed by atoms with E-state index < -0.39 is 10.0 Å². The van der Waals surface area contributed by atoms with Crippen LogP contribution in [0.1, 0.15) is 19.8 Å². The zero-order valence-electron chi connectivity index (χ0n) is 17.4. The van der Waals surface area contributed by atoms with Crippen LogP contribution < -0.4 is 14.8 Å². The molecule has 1 aliphatic rings. The van der Waals surface area contributed by atoms with Crippen LogP contribution in [0.2, 0.25) is 0 Å². The van der Waals surface area contributed by atoms with E-state index in [-0.39, 0.29) is 29.2 Å². The van der Waals surface area contributed by atoms with E-state index in [1.165, 1.54) is 12.1 Å². The SMILES string of the molecule is CCOc1ccc(N(CC(=O)N2CCC(C(N)=O)CC2)S(=O)(=O)c2ccccc2)cc1. The van der Waals surface area contributed by atoms with Gasteiger partial charge in [0.1, 0.15) is 12.3 Å². The van der Waals surface area contributed by atoms with E-state index >= 15 is 0 Å². The number of anilines is 1. The van der Waals surface area contributed by atoms with E-state index in [2.05, 4.69) is 0 Å². The van der Waals surface area contributed by atoms with Crippen molar-refractivity contribution in [2.45, 2.75) is 24.7 Å². The molecule has 1 fully saturated rings. The lowest BCUT2D eigenvalue weighted by atomic mass is 9.96. The molecule has 166 valence electrons. The molecule has 0 atom stereocenters. The third-order valence-electron chi connectivity index (χ3n) is 5.30. The van der Waals surface area contributed by atoms with Gasteiger partial charge < -0.3 is 15.4 Å². The summed E-state index contributed by atoms with van der Waals surface area (Å²) in [5.41, 5.74) is 5.73. The topological polar surface area (TPSA) is 110 Å². The van der Waals surface area contributed by atoms with Crippen LogP contribution in [-0.4, -0.2) is 51.4 Å². The second kappa shape index (κ2) is 9.82. The molecule has 2 aromatic carbocycles. The summed E-state index contributed by atoms with van der Waals surface area (Å²) >= 11 is 0. The summed E-state index contributed by atoms with van der Waals surface area (Å²) in [5.74, 6) is -0.325. The van der Waals surface area contributed by atoms with Crippen LogP contribution in [0.3, 0.4) is 0 Å². The monoisotopic (exact) mass is 445 g/mol. The number of primary amides is 1. The first-order valence-electron chi connectivity index (χ1n) is 10.2. The lowest BCUT2D eigenvalue weighted by molar-refractivity contribution is -0.133. The normalized spacial score (nSPS) is 14.8. The number of hydrogen-bond acceptors (Lipinski definition) is 5. The molecule has 0 radical (unpaired) electrons. The number of nitrogens with zero attached hydrogens (tertiary/aromatic N) is 2. The summed E-state index contributed by atoms with van der Waals surface area (Å²) in [6.07, 6.45) is 0.963. The molecule has 0 aromatic heterocycles. The summed E-state index contributed by atoms with van der Waals surface area (Å²) in [4.78, 5) is 26.0. The molecule has 31 heavy (non-hydrogen) atoms. The van der Waals surface area contributed by atoms with Gasteiger partial charge in [-0.1, -0.05) is 18.2 Å². The Balaban J connectivity index is 1.86. The van der Waals surface area contributed by atoms with Gasteiger partial charge in [-0.2, -0.15) is 0 Å². The fraction of sp³-hybridized carbons (Fsp3) is 0.364. The number of hydrogen-bond donors (Lipinski definition) is 1. The molecule has 1 aliphatic heterocycles. The van der Waals surface area contributed by atoms with E-state index in [4.69, 9.17) is 10.5 Å². The van der Waals surface area contributed by atoms with Crippen LogP contribution >= 0.6 is 0 Å². The van der Waals surface area contributed by atoms with E-state index in [0.717, 1.165) is 4.31 Å². The quantitative estimate of drug-likeness (QED) is 0.668. The van der Waals surface area contributed by atoms with E-state index in [9.17, 15) is 18.0 Å². The Labute approximate surface area is 182 Å². The molecule has 0 bridgehead atoms. The molecule has 3 rings (SSSR count). The van der Waals surface area contributed by atoms with Gasteiger partial charge in [0, 0.05) is 19.0 Å². The van der Waals surface area contributed by atoms with Crippen LogP contribution in [0, 0.1) is 5.92 Å². The van der Waals surface area contributed by atoms with Crippen molar-refractivity contribution < 1.29 is 22.7 Å². The van der Waals surface area contributed by atoms with Crippen LogP contribution in [-0.2, 0) is 19.6 Å². The van der Waals surface area contributed by atoms with Gasteiger partial charge in [0.15, 0.2) is 0 Å². The number of ether oxygens (including phenoxy) is 1. The predicted octanol–water partition coefficient (Wildman–Crippen LogP) is 2.00. The summed E-state index contributed by atoms with van der Waals surface area (Å²) in [7, 11) is -3.97. The van der Waals surface area contributed by atoms with Crippen molar-refractivity contribution in [2.24, 2.45) is 11.7 Å². The molecule has 0 saturated carbocycles. The van der Waals surface area contributed by atoms with Crippen molar-refractivity contribution >= 4 is 27.5 Å². The minimum Gasteiger partial charge on any atom is -0.494 e. The average molecular weight is 446 g/mol. The highest BCUT2D eigenvalue weighted by atomic mass is 32.2. The molecular weight excluding hydrogens is 418 g/mol. The smallest absolute Gasteiger partial charge is 0.264 e. The maximum absolute atomic E-state index is 13.4. The van der Waals surface area contributed by atoms with Crippen molar-refractivity contribution in [2.75, 3.05) is 30.5 Å². The number of piperidine rings is 1. The summed E-state index contributed by atoms with van der Waals surface area (Å²) in [5, 5.41) is 0. The number of benzene rings is 2. The summed E-state index contributed by atoms with van der Waals surface area (Å²) in [6, 6.07) is 14.6. The van der Waals surface area contributed by atoms with Gasteiger partial charge in [-0.15, -0.1) is 0 Å². The molecule has 2 N–H and O–H groups in total. The lowest BCUT2D eigenvalue weighted by Gasteiger charge is -2.33. The second-order valence-electron chi connectivity index (χ2n) is 7.31. The van der Waals surface area contributed by atoms with Crippen LogP contribution in [0.5, 0.6) is 5.75 Å². The lowest BCUT2D eigenvalue weighted by Crippen LogP contribution is -2.47. The zero-order valence-corrected chi connectivity index (χ0v) is 18.3. The van der Waals surface area contributed by atoms with Crippen LogP contribution in [0.25, 0.3) is 0 Å². The van der Waals surface area contributed by atoms with Crippen molar-refractivity contribution in [3.8, 4) is 5.75 Å². The Bertz CT molecular complexity index is 1000. The van der Waals surface area contributed by atoms with Gasteiger partial charge in [-0.05, 0) is 56.2 Å². The third kappa shape index (κ3) is 5.35. The number of carbonyl (C=O) groups excluding carboxylic acids is 2. The van der Waals surface area contributed by atoms with E-state index in [1.54, 1.807) is 47.4 Å². The predicted molar refractivity (Wildman–Crippen MR) is 117 cm³/mol. The molecular formula is C22H27N3O5S. The number of sulfonamides is 1. The highest BCUT2D eigenvalue weighted by molar-refractivity contribution is 7.92. The highest BCUT2D eigenvalue weighted by Gasteiger charge is 2.31. The summed E-state index contributed by atoms with van der Waals surface area (Å²) in [6.45, 7) is 2.75. The second-order valence-corrected chi connectivity index (χ2v) is 9.17. The maximum Gasteiger partial charge on any atom is 0.264 e. The Morgan fingerprint density at radius 2 is 1.68 bits per heavy atom. The Kier molecular flexibility index (Phi) is 7.17. The first-order valence-corrected chi connectivity index (χ1v) is 11.6. The van der Waals surface area contributed by atoms with Crippen molar-refractivity contribution in [1.82, 2.24) is 4.90 Å². The van der Waals surface area contributed by atoms with Gasteiger partial charge in [0.25, 0.3) is 10.0 Å². The van der Waals surface area contributed by atoms with Crippen LogP contribution in [0.15, 0.2) is 59.5 Å². The zero-order chi connectivity index (χ0) is 22.4. The number of rotatable bonds is 8. The molecule has 0 spiro atoms. The van der Waals surface area contributed by atoms with Crippen LogP contribution in [0.4, 0.5) is 5.69 Å². The molecule has 2 amide bonds. The Hall–Kier alpha value is -3.07. The number of carbonyl (C=O) groups is 2. The van der Waals surface area contributed by atoms with Gasteiger partial charge >= 0.3 is 0 Å². The fourth-order valence-electron chi connectivity index (χ4n) is 3.55. The van der Waals surface area contributed by atoms with Gasteiger partial charge in [0.05, 0.1) is 17.2 Å². The third-order valence-corrected chi connectivity index (χ3v) is 7.08. The van der Waals surface area contributed by atoms with Gasteiger partial charge in [-0.3, -0.25) is 13.9 Å². The number of amides is 2. The molecule has 8 nitrogen and oxygen atoms in total. The fourth-order valence-corrected chi connectivity index (χ4v) is 4.98. The largest absolute Gasteiger partial charge is 0.494 e. The number of nitrogens with two attached hydrogens (primary N) is 1. The molecule has 1 heterocycles. The Morgan fingerprint density at radius 3 is 2.23 bits per heavy atom. The Morgan fingerprint density at radius 1 is 1.06 bits per heavy atom. The van der Waals surface area contributed by atoms with Crippen molar-refractivity contribution in [3.63, 3.8) is 0 Å². The molecule has 0 unspecified atom stereocenters. The molecule has 9 heteroatoms. The number of likely N-dealkylation sites (tertiary alicyclic amines) is 1. The molecule has 0 aliphatic carbocycles. The highest BCUT2D eigenvalue weighted by Crippen LogP contribution is 2.26. The standard InChI is InChI=1S/C22H27N3O5S/c1-2-30-19-10-8-18(9-11-19)25(31(28,29)20-6-4-3-5-7-20)16-21(26)24-14-12-17(13-15-24)22(23)27/h3-11,17H,2,12-16H2,1H3,(H2,23,27). The first kappa shape index (κ1) is 22.6. The van der Waals surface area contributed by atoms with Gasteiger partial charge in [-0.25, -0.2) is 8.42 Å². The average Bonchev–Trinajstić information content (AvgIpc) is 2.78. The maximum atomic E-state index is 13.4. The first-order chi connectivity index (χ1) is 14.8. The van der Waals surface area contributed by atoms with Crippen molar-refractivity contribution in [3.05, 3.63) is 54.6 Å². The van der Waals surface area contributed by atoms with Gasteiger partial charge in [0.2, 0.25) is 11.8 Å². The minimum atomic E-state index is -3.97.